The average molecular weight is 459 g/mol. The fraction of sp³-hybridized carbons (Fsp3) is 0.308. The van der Waals surface area contributed by atoms with Crippen LogP contribution in [0.2, 0.25) is 0 Å². The molecule has 1 saturated heterocycles. The molecule has 0 radical (unpaired) electrons. The quantitative estimate of drug-likeness (QED) is 0.423. The summed E-state index contributed by atoms with van der Waals surface area (Å²) in [6.45, 7) is 3.57. The van der Waals surface area contributed by atoms with E-state index < -0.39 is 0 Å². The third-order valence-corrected chi connectivity index (χ3v) is 6.23. The predicted molar refractivity (Wildman–Crippen MR) is 129 cm³/mol. The van der Waals surface area contributed by atoms with Crippen LogP contribution in [0.4, 0.5) is 10.2 Å². The molecule has 34 heavy (non-hydrogen) atoms. The molecule has 7 nitrogen and oxygen atoms in total. The van der Waals surface area contributed by atoms with Crippen LogP contribution >= 0.6 is 0 Å². The minimum absolute atomic E-state index is 0.181. The smallest absolute Gasteiger partial charge is 0.222 e. The largest absolute Gasteiger partial charge is 0.353 e. The lowest BCUT2D eigenvalue weighted by molar-refractivity contribution is -0.131. The van der Waals surface area contributed by atoms with Gasteiger partial charge in [0.1, 0.15) is 23.0 Å². The maximum atomic E-state index is 13.3. The molecule has 5 rings (SSSR count). The highest BCUT2D eigenvalue weighted by atomic mass is 19.1. The Balaban J connectivity index is 1.20. The minimum Gasteiger partial charge on any atom is -0.353 e. The highest BCUT2D eigenvalue weighted by Crippen LogP contribution is 2.19. The van der Waals surface area contributed by atoms with E-state index in [0.29, 0.717) is 38.9 Å². The van der Waals surface area contributed by atoms with Crippen LogP contribution in [0.3, 0.4) is 0 Å². The molecule has 1 amide bonds. The van der Waals surface area contributed by atoms with E-state index in [9.17, 15) is 9.18 Å². The van der Waals surface area contributed by atoms with Crippen molar-refractivity contribution in [1.82, 2.24) is 24.4 Å². The van der Waals surface area contributed by atoms with E-state index in [-0.39, 0.29) is 11.7 Å². The second-order valence-corrected chi connectivity index (χ2v) is 8.50. The Bertz CT molecular complexity index is 1250. The molecule has 1 aliphatic rings. The first kappa shape index (κ1) is 22.0. The van der Waals surface area contributed by atoms with E-state index in [1.165, 1.54) is 12.1 Å². The van der Waals surface area contributed by atoms with Crippen LogP contribution in [-0.2, 0) is 17.8 Å². The molecular formula is C26H27FN6O. The molecule has 8 heteroatoms. The van der Waals surface area contributed by atoms with Crippen molar-refractivity contribution in [3.63, 3.8) is 0 Å². The van der Waals surface area contributed by atoms with Gasteiger partial charge in [0.2, 0.25) is 5.91 Å². The second-order valence-electron chi connectivity index (χ2n) is 8.50. The third-order valence-electron chi connectivity index (χ3n) is 6.23. The van der Waals surface area contributed by atoms with Gasteiger partial charge in [-0.15, -0.1) is 0 Å². The number of fused-ring (bicyclic) bond motifs is 1. The zero-order valence-corrected chi connectivity index (χ0v) is 19.0. The molecule has 0 aliphatic carbocycles. The first-order valence-corrected chi connectivity index (χ1v) is 11.7. The second kappa shape index (κ2) is 9.99. The summed E-state index contributed by atoms with van der Waals surface area (Å²) in [5.41, 5.74) is 2.62. The van der Waals surface area contributed by atoms with Gasteiger partial charge in [0.05, 0.1) is 6.54 Å². The lowest BCUT2D eigenvalue weighted by Gasteiger charge is -2.35. The Morgan fingerprint density at radius 3 is 2.47 bits per heavy atom. The van der Waals surface area contributed by atoms with E-state index in [0.717, 1.165) is 41.5 Å². The van der Waals surface area contributed by atoms with Crippen LogP contribution in [0.1, 0.15) is 24.2 Å². The molecule has 4 aromatic rings. The number of hydrogen-bond acceptors (Lipinski definition) is 5. The number of nitrogens with zero attached hydrogens (tertiary/aromatic N) is 6. The highest BCUT2D eigenvalue weighted by Gasteiger charge is 2.22. The summed E-state index contributed by atoms with van der Waals surface area (Å²) < 4.78 is 15.4. The molecule has 0 unspecified atom stereocenters. The number of aromatic nitrogens is 4. The Morgan fingerprint density at radius 1 is 0.912 bits per heavy atom. The summed E-state index contributed by atoms with van der Waals surface area (Å²) in [6.07, 6.45) is 5.43. The van der Waals surface area contributed by atoms with Crippen molar-refractivity contribution in [2.24, 2.45) is 0 Å². The fourth-order valence-corrected chi connectivity index (χ4v) is 4.42. The van der Waals surface area contributed by atoms with Crippen molar-refractivity contribution in [3.05, 3.63) is 84.2 Å². The first-order chi connectivity index (χ1) is 16.7. The summed E-state index contributed by atoms with van der Waals surface area (Å²) in [7, 11) is 0. The number of carbonyl (C=O) groups excluding carboxylic acids is 1. The van der Waals surface area contributed by atoms with E-state index in [1.54, 1.807) is 24.5 Å². The maximum Gasteiger partial charge on any atom is 0.222 e. The lowest BCUT2D eigenvalue weighted by Crippen LogP contribution is -2.49. The molecule has 1 aliphatic heterocycles. The minimum atomic E-state index is -0.253. The van der Waals surface area contributed by atoms with Crippen LogP contribution in [0.5, 0.6) is 0 Å². The molecule has 0 atom stereocenters. The molecule has 1 aromatic carbocycles. The van der Waals surface area contributed by atoms with Crippen molar-refractivity contribution in [2.75, 3.05) is 31.1 Å². The van der Waals surface area contributed by atoms with Crippen molar-refractivity contribution in [3.8, 4) is 0 Å². The molecule has 0 N–H and O–H groups in total. The zero-order chi connectivity index (χ0) is 23.3. The molecule has 174 valence electrons. The van der Waals surface area contributed by atoms with Crippen LogP contribution in [0, 0.1) is 5.82 Å². The van der Waals surface area contributed by atoms with Gasteiger partial charge in [0.15, 0.2) is 5.65 Å². The van der Waals surface area contributed by atoms with Gasteiger partial charge in [-0.25, -0.2) is 19.3 Å². The Kier molecular flexibility index (Phi) is 6.46. The topological polar surface area (TPSA) is 67.2 Å². The number of rotatable bonds is 7. The van der Waals surface area contributed by atoms with Crippen LogP contribution in [-0.4, -0.2) is 56.5 Å². The van der Waals surface area contributed by atoms with Crippen LogP contribution in [0.15, 0.2) is 67.0 Å². The van der Waals surface area contributed by atoms with Gasteiger partial charge in [-0.1, -0.05) is 18.2 Å². The lowest BCUT2D eigenvalue weighted by atomic mass is 10.2. The van der Waals surface area contributed by atoms with Gasteiger partial charge in [0, 0.05) is 51.4 Å². The van der Waals surface area contributed by atoms with E-state index >= 15 is 0 Å². The number of amides is 1. The normalized spacial score (nSPS) is 14.0. The van der Waals surface area contributed by atoms with Gasteiger partial charge in [0.25, 0.3) is 0 Å². The Hall–Kier alpha value is -3.81. The SMILES string of the molecule is O=C(CCCc1nc2cccnc2n1Cc1ccc(F)cc1)N1CCN(c2ccccn2)CC1. The Labute approximate surface area is 197 Å². The zero-order valence-electron chi connectivity index (χ0n) is 19.0. The summed E-state index contributed by atoms with van der Waals surface area (Å²) in [4.78, 5) is 30.7. The van der Waals surface area contributed by atoms with Gasteiger partial charge in [-0.2, -0.15) is 0 Å². The number of benzene rings is 1. The number of halogens is 1. The number of pyridine rings is 2. The van der Waals surface area contributed by atoms with Gasteiger partial charge >= 0.3 is 0 Å². The van der Waals surface area contributed by atoms with Crippen LogP contribution in [0.25, 0.3) is 11.2 Å². The summed E-state index contributed by atoms with van der Waals surface area (Å²) in [5.74, 6) is 1.78. The van der Waals surface area contributed by atoms with Crippen molar-refractivity contribution < 1.29 is 9.18 Å². The number of piperazine rings is 1. The highest BCUT2D eigenvalue weighted by molar-refractivity contribution is 5.76. The van der Waals surface area contributed by atoms with Crippen molar-refractivity contribution >= 4 is 22.9 Å². The molecule has 0 spiro atoms. The molecule has 4 heterocycles. The summed E-state index contributed by atoms with van der Waals surface area (Å²) in [6, 6.07) is 16.2. The monoisotopic (exact) mass is 458 g/mol. The van der Waals surface area contributed by atoms with Gasteiger partial charge in [-0.05, 0) is 48.4 Å². The standard InChI is InChI=1S/C26H27FN6O/c27-21-11-9-20(10-12-21)19-33-24(30-22-5-4-14-29-26(22)33)7-3-8-25(34)32-17-15-31(16-18-32)23-6-1-2-13-28-23/h1-2,4-6,9-14H,3,7-8,15-19H2. The van der Waals surface area contributed by atoms with Gasteiger partial charge < -0.3 is 14.4 Å². The van der Waals surface area contributed by atoms with E-state index in [2.05, 4.69) is 19.4 Å². The molecule has 0 bridgehead atoms. The summed E-state index contributed by atoms with van der Waals surface area (Å²) >= 11 is 0. The number of hydrogen-bond donors (Lipinski definition) is 0. The molecule has 3 aromatic heterocycles. The number of aryl methyl sites for hydroxylation is 1. The molecule has 0 saturated carbocycles. The Morgan fingerprint density at radius 2 is 1.71 bits per heavy atom. The first-order valence-electron chi connectivity index (χ1n) is 11.7. The number of imidazole rings is 1. The fourth-order valence-electron chi connectivity index (χ4n) is 4.42. The molecule has 1 fully saturated rings. The summed E-state index contributed by atoms with van der Waals surface area (Å²) in [5, 5.41) is 0. The molecular weight excluding hydrogens is 431 g/mol. The van der Waals surface area contributed by atoms with E-state index in [4.69, 9.17) is 4.98 Å². The van der Waals surface area contributed by atoms with Gasteiger partial charge in [-0.3, -0.25) is 4.79 Å². The number of carbonyl (C=O) groups is 1. The van der Waals surface area contributed by atoms with Crippen molar-refractivity contribution in [2.45, 2.75) is 25.8 Å². The number of anilines is 1. The average Bonchev–Trinajstić information content (AvgIpc) is 3.23. The predicted octanol–water partition coefficient (Wildman–Crippen LogP) is 3.69. The van der Waals surface area contributed by atoms with Crippen LogP contribution < -0.4 is 4.90 Å². The maximum absolute atomic E-state index is 13.3. The van der Waals surface area contributed by atoms with Crippen molar-refractivity contribution in [1.29, 1.82) is 0 Å². The third kappa shape index (κ3) is 4.90. The van der Waals surface area contributed by atoms with E-state index in [1.807, 2.05) is 35.2 Å².